The van der Waals surface area contributed by atoms with E-state index in [9.17, 15) is 4.79 Å². The molecular weight excluding hydrogens is 172 g/mol. The highest BCUT2D eigenvalue weighted by Crippen LogP contribution is 2.17. The van der Waals surface area contributed by atoms with Crippen LogP contribution in [-0.4, -0.2) is 5.94 Å². The first-order valence-corrected chi connectivity index (χ1v) is 5.18. The van der Waals surface area contributed by atoms with Crippen molar-refractivity contribution in [3.8, 4) is 0 Å². The molecule has 0 heterocycles. The monoisotopic (exact) mass is 188 g/mol. The van der Waals surface area contributed by atoms with Crippen molar-refractivity contribution in [1.82, 2.24) is 0 Å². The van der Waals surface area contributed by atoms with Gasteiger partial charge in [0.1, 0.15) is 5.94 Å². The lowest BCUT2D eigenvalue weighted by molar-refractivity contribution is 0.568. The Morgan fingerprint density at radius 1 is 1.21 bits per heavy atom. The van der Waals surface area contributed by atoms with Crippen LogP contribution in [0.15, 0.2) is 30.3 Å². The normalized spacial score (nSPS) is 9.50. The molecule has 0 aliphatic carbocycles. The number of hydrogen-bond acceptors (Lipinski definition) is 1. The van der Waals surface area contributed by atoms with E-state index in [1.807, 2.05) is 36.3 Å². The summed E-state index contributed by atoms with van der Waals surface area (Å²) >= 11 is 0. The average Bonchev–Trinajstić information content (AvgIpc) is 2.26. The molecule has 0 unspecified atom stereocenters. The van der Waals surface area contributed by atoms with Crippen molar-refractivity contribution in [3.05, 3.63) is 35.9 Å². The van der Waals surface area contributed by atoms with E-state index in [1.165, 1.54) is 12.8 Å². The Balaban J connectivity index is 2.61. The van der Waals surface area contributed by atoms with Crippen LogP contribution in [0, 0.1) is 0 Å². The van der Waals surface area contributed by atoms with Gasteiger partial charge in [0.05, 0.1) is 0 Å². The second-order valence-electron chi connectivity index (χ2n) is 3.40. The van der Waals surface area contributed by atoms with E-state index < -0.39 is 0 Å². The molecule has 0 bridgehead atoms. The fourth-order valence-electron chi connectivity index (χ4n) is 1.45. The van der Waals surface area contributed by atoms with Gasteiger partial charge in [0.2, 0.25) is 0 Å². The molecule has 1 heteroatoms. The zero-order valence-corrected chi connectivity index (χ0v) is 8.62. The smallest absolute Gasteiger partial charge is 0.128 e. The van der Waals surface area contributed by atoms with Crippen LogP contribution in [-0.2, 0) is 4.79 Å². The Hall–Kier alpha value is -1.33. The molecule has 0 atom stereocenters. The van der Waals surface area contributed by atoms with E-state index in [0.29, 0.717) is 0 Å². The van der Waals surface area contributed by atoms with Crippen LogP contribution in [0.2, 0.25) is 0 Å². The summed E-state index contributed by atoms with van der Waals surface area (Å²) in [6, 6.07) is 9.79. The molecule has 0 amide bonds. The van der Waals surface area contributed by atoms with Gasteiger partial charge in [-0.2, -0.15) is 0 Å². The fourth-order valence-corrected chi connectivity index (χ4v) is 1.45. The minimum absolute atomic E-state index is 0.805. The molecular formula is C13H16O. The highest BCUT2D eigenvalue weighted by atomic mass is 16.1. The lowest BCUT2D eigenvalue weighted by atomic mass is 10.0. The largest absolute Gasteiger partial charge is 0.233 e. The fraction of sp³-hybridized carbons (Fsp3) is 0.385. The molecule has 14 heavy (non-hydrogen) atoms. The van der Waals surface area contributed by atoms with Crippen molar-refractivity contribution < 1.29 is 4.79 Å². The number of hydrogen-bond donors (Lipinski definition) is 0. The molecule has 0 saturated carbocycles. The summed E-state index contributed by atoms with van der Waals surface area (Å²) < 4.78 is 0. The SMILES string of the molecule is CCCCCC(=C=O)c1ccccc1. The summed E-state index contributed by atoms with van der Waals surface area (Å²) in [6.45, 7) is 2.16. The van der Waals surface area contributed by atoms with E-state index in [2.05, 4.69) is 6.92 Å². The van der Waals surface area contributed by atoms with Crippen LogP contribution < -0.4 is 0 Å². The standard InChI is InChI=1S/C13H16O/c1-2-3-5-10-13(11-14)12-8-6-4-7-9-12/h4,6-9H,2-3,5,10H2,1H3. The van der Waals surface area contributed by atoms with Gasteiger partial charge in [-0.25, -0.2) is 4.79 Å². The summed E-state index contributed by atoms with van der Waals surface area (Å²) in [7, 11) is 0. The Morgan fingerprint density at radius 3 is 2.50 bits per heavy atom. The van der Waals surface area contributed by atoms with Crippen molar-refractivity contribution in [1.29, 1.82) is 0 Å². The third-order valence-electron chi connectivity index (χ3n) is 2.28. The number of benzene rings is 1. The highest BCUT2D eigenvalue weighted by molar-refractivity contribution is 5.87. The topological polar surface area (TPSA) is 17.1 Å². The van der Waals surface area contributed by atoms with Gasteiger partial charge < -0.3 is 0 Å². The van der Waals surface area contributed by atoms with Crippen LogP contribution in [0.25, 0.3) is 5.57 Å². The molecule has 1 rings (SSSR count). The van der Waals surface area contributed by atoms with Crippen LogP contribution >= 0.6 is 0 Å². The summed E-state index contributed by atoms with van der Waals surface area (Å²) in [5.74, 6) is 2.04. The molecule has 1 nitrogen and oxygen atoms in total. The molecule has 0 aliphatic rings. The number of allylic oxidation sites excluding steroid dienone is 1. The molecule has 0 N–H and O–H groups in total. The average molecular weight is 188 g/mol. The number of carbonyl (C=O) groups excluding carboxylic acids is 1. The zero-order valence-electron chi connectivity index (χ0n) is 8.62. The first-order chi connectivity index (χ1) is 6.88. The van der Waals surface area contributed by atoms with E-state index in [1.54, 1.807) is 0 Å². The second kappa shape index (κ2) is 6.17. The maximum atomic E-state index is 10.7. The van der Waals surface area contributed by atoms with Gasteiger partial charge in [-0.05, 0) is 18.4 Å². The Bertz CT molecular complexity index is 307. The zero-order chi connectivity index (χ0) is 10.2. The molecule has 0 aliphatic heterocycles. The van der Waals surface area contributed by atoms with Gasteiger partial charge >= 0.3 is 0 Å². The molecule has 1 aromatic carbocycles. The minimum Gasteiger partial charge on any atom is -0.233 e. The van der Waals surface area contributed by atoms with Crippen molar-refractivity contribution in [3.63, 3.8) is 0 Å². The third kappa shape index (κ3) is 3.20. The maximum absolute atomic E-state index is 10.7. The van der Waals surface area contributed by atoms with Crippen LogP contribution in [0.3, 0.4) is 0 Å². The van der Waals surface area contributed by atoms with Crippen molar-refractivity contribution >= 4 is 11.5 Å². The molecule has 1 aromatic rings. The lowest BCUT2D eigenvalue weighted by Crippen LogP contribution is -1.85. The Kier molecular flexibility index (Phi) is 4.74. The van der Waals surface area contributed by atoms with Gasteiger partial charge in [-0.1, -0.05) is 50.1 Å². The minimum atomic E-state index is 0.805. The maximum Gasteiger partial charge on any atom is 0.128 e. The van der Waals surface area contributed by atoms with Gasteiger partial charge in [0, 0.05) is 5.57 Å². The first-order valence-electron chi connectivity index (χ1n) is 5.18. The van der Waals surface area contributed by atoms with Crippen LogP contribution in [0.4, 0.5) is 0 Å². The second-order valence-corrected chi connectivity index (χ2v) is 3.40. The van der Waals surface area contributed by atoms with Crippen LogP contribution in [0.1, 0.15) is 38.2 Å². The summed E-state index contributed by atoms with van der Waals surface area (Å²) in [6.07, 6.45) is 4.29. The highest BCUT2D eigenvalue weighted by Gasteiger charge is 2.00. The first kappa shape index (κ1) is 10.7. The summed E-state index contributed by atoms with van der Waals surface area (Å²) in [5, 5.41) is 0. The third-order valence-corrected chi connectivity index (χ3v) is 2.28. The predicted molar refractivity (Wildman–Crippen MR) is 59.7 cm³/mol. The van der Waals surface area contributed by atoms with Gasteiger partial charge in [0.15, 0.2) is 0 Å². The number of unbranched alkanes of at least 4 members (excludes halogenated alkanes) is 2. The lowest BCUT2D eigenvalue weighted by Gasteiger charge is -2.02. The summed E-state index contributed by atoms with van der Waals surface area (Å²) in [5.41, 5.74) is 1.82. The number of rotatable bonds is 5. The van der Waals surface area contributed by atoms with Gasteiger partial charge in [-0.15, -0.1) is 0 Å². The van der Waals surface area contributed by atoms with Gasteiger partial charge in [-0.3, -0.25) is 0 Å². The molecule has 0 spiro atoms. The predicted octanol–water partition coefficient (Wildman–Crippen LogP) is 3.48. The van der Waals surface area contributed by atoms with Crippen molar-refractivity contribution in [2.75, 3.05) is 0 Å². The van der Waals surface area contributed by atoms with E-state index >= 15 is 0 Å². The van der Waals surface area contributed by atoms with E-state index in [-0.39, 0.29) is 0 Å². The quantitative estimate of drug-likeness (QED) is 0.510. The van der Waals surface area contributed by atoms with Crippen molar-refractivity contribution in [2.45, 2.75) is 32.6 Å². The Morgan fingerprint density at radius 2 is 1.93 bits per heavy atom. The summed E-state index contributed by atoms with van der Waals surface area (Å²) in [4.78, 5) is 10.7. The molecule has 0 aromatic heterocycles. The van der Waals surface area contributed by atoms with Crippen LogP contribution in [0.5, 0.6) is 0 Å². The molecule has 74 valence electrons. The molecule has 0 radical (unpaired) electrons. The van der Waals surface area contributed by atoms with Crippen molar-refractivity contribution in [2.24, 2.45) is 0 Å². The Labute approximate surface area is 85.5 Å². The van der Waals surface area contributed by atoms with E-state index in [4.69, 9.17) is 0 Å². The molecule has 0 saturated heterocycles. The van der Waals surface area contributed by atoms with E-state index in [0.717, 1.165) is 24.0 Å². The van der Waals surface area contributed by atoms with Gasteiger partial charge in [0.25, 0.3) is 0 Å². The molecule has 0 fully saturated rings.